The molecule has 2 atom stereocenters. The number of carbonyl (C=O) groups excluding carboxylic acids is 2. The van der Waals surface area contributed by atoms with Crippen LogP contribution in [0.3, 0.4) is 0 Å². The minimum atomic E-state index is -0.980. The Balaban J connectivity index is 4.20. The third-order valence-electron chi connectivity index (χ3n) is 6.11. The van der Waals surface area contributed by atoms with Crippen molar-refractivity contribution in [1.82, 2.24) is 10.6 Å². The molecule has 3 N–H and O–H groups in total. The maximum atomic E-state index is 12.8. The summed E-state index contributed by atoms with van der Waals surface area (Å²) in [7, 11) is 1.54. The van der Waals surface area contributed by atoms with Gasteiger partial charge >= 0.3 is 5.97 Å². The highest BCUT2D eigenvalue weighted by molar-refractivity contribution is 5.90. The maximum Gasteiger partial charge on any atom is 0.304 e. The molecule has 6 heteroatoms. The zero-order valence-electron chi connectivity index (χ0n) is 21.4. The van der Waals surface area contributed by atoms with Gasteiger partial charge in [0.1, 0.15) is 6.04 Å². The van der Waals surface area contributed by atoms with Gasteiger partial charge < -0.3 is 15.7 Å². The highest BCUT2D eigenvalue weighted by atomic mass is 16.4. The van der Waals surface area contributed by atoms with E-state index in [0.717, 1.165) is 19.3 Å². The van der Waals surface area contributed by atoms with Crippen molar-refractivity contribution in [3.8, 4) is 0 Å². The van der Waals surface area contributed by atoms with Crippen LogP contribution >= 0.6 is 0 Å². The van der Waals surface area contributed by atoms with E-state index in [0.29, 0.717) is 6.42 Å². The van der Waals surface area contributed by atoms with Crippen LogP contribution in [-0.4, -0.2) is 36.0 Å². The van der Waals surface area contributed by atoms with Gasteiger partial charge in [0.25, 0.3) is 0 Å². The summed E-state index contributed by atoms with van der Waals surface area (Å²) in [6.07, 6.45) is 16.5. The number of carbonyl (C=O) groups is 3. The van der Waals surface area contributed by atoms with Gasteiger partial charge in [-0.3, -0.25) is 14.4 Å². The van der Waals surface area contributed by atoms with Gasteiger partial charge in [-0.1, -0.05) is 111 Å². The fraction of sp³-hybridized carbons (Fsp3) is 0.885. The van der Waals surface area contributed by atoms with E-state index in [-0.39, 0.29) is 18.2 Å². The minimum absolute atomic E-state index is 0.200. The molecule has 0 aliphatic rings. The van der Waals surface area contributed by atoms with E-state index in [1.165, 1.54) is 71.3 Å². The third-order valence-corrected chi connectivity index (χ3v) is 6.11. The van der Waals surface area contributed by atoms with Crippen molar-refractivity contribution in [2.45, 2.75) is 130 Å². The molecule has 2 amide bonds. The van der Waals surface area contributed by atoms with Gasteiger partial charge in [0.05, 0.1) is 6.42 Å². The molecule has 0 spiro atoms. The Morgan fingerprint density at radius 1 is 0.750 bits per heavy atom. The molecule has 0 bridgehead atoms. The van der Waals surface area contributed by atoms with E-state index in [2.05, 4.69) is 17.6 Å². The molecule has 0 heterocycles. The van der Waals surface area contributed by atoms with Crippen LogP contribution in [0, 0.1) is 11.3 Å². The molecule has 32 heavy (non-hydrogen) atoms. The lowest BCUT2D eigenvalue weighted by atomic mass is 9.85. The third kappa shape index (κ3) is 15.3. The lowest BCUT2D eigenvalue weighted by Crippen LogP contribution is -2.54. The zero-order chi connectivity index (χ0) is 24.4. The highest BCUT2D eigenvalue weighted by Gasteiger charge is 2.34. The van der Waals surface area contributed by atoms with Crippen LogP contribution in [0.1, 0.15) is 124 Å². The van der Waals surface area contributed by atoms with Crippen molar-refractivity contribution in [3.63, 3.8) is 0 Å². The van der Waals surface area contributed by atoms with E-state index in [1.54, 1.807) is 0 Å². The van der Waals surface area contributed by atoms with E-state index in [1.807, 2.05) is 20.8 Å². The molecule has 188 valence electrons. The molecule has 0 radical (unpaired) electrons. The minimum Gasteiger partial charge on any atom is -0.481 e. The first-order valence-electron chi connectivity index (χ1n) is 12.9. The Hall–Kier alpha value is -1.59. The van der Waals surface area contributed by atoms with Crippen LogP contribution in [0.15, 0.2) is 0 Å². The summed E-state index contributed by atoms with van der Waals surface area (Å²) in [4.78, 5) is 36.2. The van der Waals surface area contributed by atoms with E-state index in [9.17, 15) is 19.5 Å². The van der Waals surface area contributed by atoms with Crippen molar-refractivity contribution in [2.75, 3.05) is 7.05 Å². The second-order valence-electron chi connectivity index (χ2n) is 10.2. The van der Waals surface area contributed by atoms with Gasteiger partial charge in [0.2, 0.25) is 11.8 Å². The predicted octanol–water partition coefficient (Wildman–Crippen LogP) is 5.84. The standard InChI is InChI=1S/C26H50N2O4/c1-6-7-8-9-10-11-12-13-14-15-16-17-18-19-21(20-22(29)30)24(31)28-23(25(32)27-5)26(2,3)4/h21,23H,6-20H2,1-5H3,(H,27,32)(H,28,31)(H,29,30)/t21?,23-/m1/s1. The maximum absolute atomic E-state index is 12.8. The Morgan fingerprint density at radius 2 is 1.19 bits per heavy atom. The molecule has 0 aliphatic heterocycles. The Kier molecular flexibility index (Phi) is 17.0. The smallest absolute Gasteiger partial charge is 0.304 e. The first-order chi connectivity index (χ1) is 15.1. The molecular weight excluding hydrogens is 404 g/mol. The summed E-state index contributed by atoms with van der Waals surface area (Å²) in [5.41, 5.74) is -0.459. The van der Waals surface area contributed by atoms with Gasteiger partial charge in [-0.15, -0.1) is 0 Å². The number of carboxylic acid groups (broad SMARTS) is 1. The number of rotatable bonds is 19. The predicted molar refractivity (Wildman–Crippen MR) is 132 cm³/mol. The lowest BCUT2D eigenvalue weighted by Gasteiger charge is -2.31. The first-order valence-corrected chi connectivity index (χ1v) is 12.9. The first kappa shape index (κ1) is 30.4. The van der Waals surface area contributed by atoms with Crippen molar-refractivity contribution in [3.05, 3.63) is 0 Å². The monoisotopic (exact) mass is 454 g/mol. The van der Waals surface area contributed by atoms with Gasteiger partial charge in [-0.25, -0.2) is 0 Å². The van der Waals surface area contributed by atoms with Crippen LogP contribution < -0.4 is 10.6 Å². The number of amides is 2. The summed E-state index contributed by atoms with van der Waals surface area (Å²) < 4.78 is 0. The van der Waals surface area contributed by atoms with Crippen LogP contribution in [0.25, 0.3) is 0 Å². The summed E-state index contributed by atoms with van der Waals surface area (Å²) in [5, 5.41) is 14.6. The molecule has 6 nitrogen and oxygen atoms in total. The average molecular weight is 455 g/mol. The molecule has 1 unspecified atom stereocenters. The number of unbranched alkanes of at least 4 members (excludes halogenated alkanes) is 12. The number of carboxylic acids is 1. The number of aliphatic carboxylic acids is 1. The molecule has 0 aromatic heterocycles. The van der Waals surface area contributed by atoms with E-state index < -0.39 is 23.3 Å². The second kappa shape index (κ2) is 17.9. The van der Waals surface area contributed by atoms with Gasteiger partial charge in [-0.2, -0.15) is 0 Å². The number of likely N-dealkylation sites (N-methyl/N-ethyl adjacent to an activating group) is 1. The molecule has 0 fully saturated rings. The zero-order valence-corrected chi connectivity index (χ0v) is 21.4. The molecule has 0 rings (SSSR count). The largest absolute Gasteiger partial charge is 0.481 e. The second-order valence-corrected chi connectivity index (χ2v) is 10.2. The summed E-state index contributed by atoms with van der Waals surface area (Å²) in [5.74, 6) is -2.18. The van der Waals surface area contributed by atoms with Crippen molar-refractivity contribution in [1.29, 1.82) is 0 Å². The molecule has 0 aromatic carbocycles. The van der Waals surface area contributed by atoms with Crippen molar-refractivity contribution >= 4 is 17.8 Å². The molecule has 0 saturated heterocycles. The molecule has 0 aromatic rings. The molecular formula is C26H50N2O4. The average Bonchev–Trinajstić information content (AvgIpc) is 2.72. The number of hydrogen-bond acceptors (Lipinski definition) is 3. The number of hydrogen-bond donors (Lipinski definition) is 3. The summed E-state index contributed by atoms with van der Waals surface area (Å²) >= 11 is 0. The van der Waals surface area contributed by atoms with Crippen molar-refractivity contribution in [2.24, 2.45) is 11.3 Å². The van der Waals surface area contributed by atoms with Crippen LogP contribution in [0.2, 0.25) is 0 Å². The Bertz CT molecular complexity index is 528. The fourth-order valence-electron chi connectivity index (χ4n) is 4.02. The van der Waals surface area contributed by atoms with Crippen LogP contribution in [0.5, 0.6) is 0 Å². The SMILES string of the molecule is CCCCCCCCCCCCCCCC(CC(=O)O)C(=O)N[C@H](C(=O)NC)C(C)(C)C. The molecule has 0 aliphatic carbocycles. The van der Waals surface area contributed by atoms with E-state index >= 15 is 0 Å². The summed E-state index contributed by atoms with van der Waals surface area (Å²) in [6, 6.07) is -0.692. The van der Waals surface area contributed by atoms with Crippen LogP contribution in [0.4, 0.5) is 0 Å². The van der Waals surface area contributed by atoms with Gasteiger partial charge in [-0.05, 0) is 11.8 Å². The summed E-state index contributed by atoms with van der Waals surface area (Å²) in [6.45, 7) is 7.89. The van der Waals surface area contributed by atoms with Crippen LogP contribution in [-0.2, 0) is 14.4 Å². The fourth-order valence-corrected chi connectivity index (χ4v) is 4.02. The van der Waals surface area contributed by atoms with Crippen molar-refractivity contribution < 1.29 is 19.5 Å². The number of nitrogens with one attached hydrogen (secondary N) is 2. The topological polar surface area (TPSA) is 95.5 Å². The molecule has 0 saturated carbocycles. The normalized spacial score (nSPS) is 13.4. The lowest BCUT2D eigenvalue weighted by molar-refractivity contribution is -0.142. The Labute approximate surface area is 196 Å². The Morgan fingerprint density at radius 3 is 1.56 bits per heavy atom. The van der Waals surface area contributed by atoms with Gasteiger partial charge in [0.15, 0.2) is 0 Å². The highest BCUT2D eigenvalue weighted by Crippen LogP contribution is 2.22. The quantitative estimate of drug-likeness (QED) is 0.214. The van der Waals surface area contributed by atoms with Gasteiger partial charge in [0, 0.05) is 13.0 Å². The van der Waals surface area contributed by atoms with E-state index in [4.69, 9.17) is 0 Å².